The average Bonchev–Trinajstić information content (AvgIpc) is 3.03. The third-order valence-electron chi connectivity index (χ3n) is 6.11. The first kappa shape index (κ1) is 19.0. The molecule has 4 rings (SSSR count). The predicted octanol–water partition coefficient (Wildman–Crippen LogP) is 5.30. The Hall–Kier alpha value is -2.33. The summed E-state index contributed by atoms with van der Waals surface area (Å²) >= 11 is 6.24. The molecule has 0 saturated heterocycles. The van der Waals surface area contributed by atoms with Crippen LogP contribution in [0, 0.1) is 11.8 Å². The molecule has 1 aromatic heterocycles. The van der Waals surface area contributed by atoms with Gasteiger partial charge in [0.25, 0.3) is 0 Å². The Morgan fingerprint density at radius 2 is 1.96 bits per heavy atom. The minimum Gasteiger partial charge on any atom is -0.351 e. The van der Waals surface area contributed by atoms with Crippen molar-refractivity contribution in [2.45, 2.75) is 45.7 Å². The lowest BCUT2D eigenvalue weighted by Crippen LogP contribution is -2.44. The van der Waals surface area contributed by atoms with Gasteiger partial charge in [0, 0.05) is 22.0 Å². The van der Waals surface area contributed by atoms with Gasteiger partial charge in [-0.2, -0.15) is 5.10 Å². The molecule has 146 valence electrons. The molecule has 4 nitrogen and oxygen atoms in total. The predicted molar refractivity (Wildman–Crippen MR) is 114 cm³/mol. The first-order valence-corrected chi connectivity index (χ1v) is 10.4. The number of hydrogen-bond acceptors (Lipinski definition) is 2. The maximum Gasteiger partial charge on any atom is 0.241 e. The van der Waals surface area contributed by atoms with E-state index in [1.165, 1.54) is 12.8 Å². The number of hydrogen-bond donors (Lipinski definition) is 1. The molecule has 3 atom stereocenters. The summed E-state index contributed by atoms with van der Waals surface area (Å²) in [5, 5.41) is 9.64. The lowest BCUT2D eigenvalue weighted by atomic mass is 9.78. The molecule has 1 saturated carbocycles. The van der Waals surface area contributed by atoms with Crippen LogP contribution in [-0.2, 0) is 11.3 Å². The van der Waals surface area contributed by atoms with Crippen molar-refractivity contribution in [2.24, 2.45) is 11.8 Å². The second-order valence-corrected chi connectivity index (χ2v) is 8.41. The molecule has 0 spiro atoms. The molecule has 0 aliphatic heterocycles. The minimum atomic E-state index is 0.0184. The standard InChI is InChI=1S/C23H26ClN3O/c1-15-7-6-10-20(16(15)2)25-22(28)14-27-21-12-11-18(24)13-19(21)23(26-27)17-8-4-3-5-9-17/h3-5,8-9,11-13,15-16,20H,6-7,10,14H2,1-2H3,(H,25,28)/t15-,16-,20+/m1/s1. The van der Waals surface area contributed by atoms with Gasteiger partial charge in [-0.1, -0.05) is 68.6 Å². The van der Waals surface area contributed by atoms with Crippen LogP contribution in [0.25, 0.3) is 22.2 Å². The zero-order valence-electron chi connectivity index (χ0n) is 16.4. The molecule has 0 unspecified atom stereocenters. The van der Waals surface area contributed by atoms with Gasteiger partial charge in [-0.05, 0) is 36.5 Å². The third kappa shape index (κ3) is 3.79. The number of rotatable bonds is 4. The number of carbonyl (C=O) groups is 1. The molecule has 1 heterocycles. The number of amides is 1. The van der Waals surface area contributed by atoms with Gasteiger partial charge in [-0.15, -0.1) is 0 Å². The molecule has 1 fully saturated rings. The van der Waals surface area contributed by atoms with Gasteiger partial charge in [-0.25, -0.2) is 0 Å². The van der Waals surface area contributed by atoms with Gasteiger partial charge < -0.3 is 5.32 Å². The molecule has 5 heteroatoms. The molecule has 1 amide bonds. The van der Waals surface area contributed by atoms with Crippen molar-refractivity contribution in [1.29, 1.82) is 0 Å². The summed E-state index contributed by atoms with van der Waals surface area (Å²) in [5.41, 5.74) is 2.79. The lowest BCUT2D eigenvalue weighted by molar-refractivity contribution is -0.123. The van der Waals surface area contributed by atoms with Gasteiger partial charge in [0.2, 0.25) is 5.91 Å². The van der Waals surface area contributed by atoms with Crippen LogP contribution >= 0.6 is 11.6 Å². The summed E-state index contributed by atoms with van der Waals surface area (Å²) in [6, 6.07) is 16.0. The van der Waals surface area contributed by atoms with Crippen molar-refractivity contribution in [3.8, 4) is 11.3 Å². The van der Waals surface area contributed by atoms with Crippen molar-refractivity contribution in [2.75, 3.05) is 0 Å². The maximum atomic E-state index is 12.8. The molecule has 1 aliphatic carbocycles. The number of nitrogens with one attached hydrogen (secondary N) is 1. The molecule has 3 aromatic rings. The summed E-state index contributed by atoms with van der Waals surface area (Å²) in [4.78, 5) is 12.8. The summed E-state index contributed by atoms with van der Waals surface area (Å²) in [6.07, 6.45) is 3.48. The lowest BCUT2D eigenvalue weighted by Gasteiger charge is -2.34. The minimum absolute atomic E-state index is 0.0184. The number of carbonyl (C=O) groups excluding carboxylic acids is 1. The van der Waals surface area contributed by atoms with Crippen LogP contribution in [0.5, 0.6) is 0 Å². The fourth-order valence-electron chi connectivity index (χ4n) is 4.26. The second-order valence-electron chi connectivity index (χ2n) is 7.98. The normalized spacial score (nSPS) is 22.3. The molecule has 2 aromatic carbocycles. The molecule has 0 bridgehead atoms. The van der Waals surface area contributed by atoms with Crippen LogP contribution in [-0.4, -0.2) is 21.7 Å². The first-order chi connectivity index (χ1) is 13.5. The van der Waals surface area contributed by atoms with E-state index in [1.807, 2.05) is 48.5 Å². The number of nitrogens with zero attached hydrogens (tertiary/aromatic N) is 2. The molecule has 0 radical (unpaired) electrons. The Kier molecular flexibility index (Phi) is 5.40. The van der Waals surface area contributed by atoms with Gasteiger partial charge >= 0.3 is 0 Å². The highest BCUT2D eigenvalue weighted by molar-refractivity contribution is 6.31. The summed E-state index contributed by atoms with van der Waals surface area (Å²) < 4.78 is 1.79. The van der Waals surface area contributed by atoms with Crippen LogP contribution in [0.1, 0.15) is 33.1 Å². The van der Waals surface area contributed by atoms with E-state index in [9.17, 15) is 4.79 Å². The van der Waals surface area contributed by atoms with Gasteiger partial charge in [0.15, 0.2) is 0 Å². The fraction of sp³-hybridized carbons (Fsp3) is 0.391. The fourth-order valence-corrected chi connectivity index (χ4v) is 4.43. The zero-order valence-corrected chi connectivity index (χ0v) is 17.1. The van der Waals surface area contributed by atoms with Crippen molar-refractivity contribution < 1.29 is 4.79 Å². The highest BCUT2D eigenvalue weighted by Crippen LogP contribution is 2.31. The highest BCUT2D eigenvalue weighted by atomic mass is 35.5. The number of fused-ring (bicyclic) bond motifs is 1. The van der Waals surface area contributed by atoms with E-state index in [-0.39, 0.29) is 18.5 Å². The van der Waals surface area contributed by atoms with Crippen LogP contribution in [0.3, 0.4) is 0 Å². The first-order valence-electron chi connectivity index (χ1n) is 10.0. The van der Waals surface area contributed by atoms with Crippen molar-refractivity contribution in [3.63, 3.8) is 0 Å². The summed E-state index contributed by atoms with van der Waals surface area (Å²) in [5.74, 6) is 1.17. The Balaban J connectivity index is 1.61. The third-order valence-corrected chi connectivity index (χ3v) is 6.34. The Labute approximate surface area is 170 Å². The quantitative estimate of drug-likeness (QED) is 0.651. The van der Waals surface area contributed by atoms with Gasteiger partial charge in [0.05, 0.1) is 5.52 Å². The SMILES string of the molecule is C[C@@H]1[C@H](C)CCC[C@@H]1NC(=O)Cn1nc(-c2ccccc2)c2cc(Cl)ccc21. The second kappa shape index (κ2) is 7.96. The van der Waals surface area contributed by atoms with Crippen molar-refractivity contribution in [3.05, 3.63) is 53.6 Å². The Morgan fingerprint density at radius 1 is 1.18 bits per heavy atom. The molecular weight excluding hydrogens is 370 g/mol. The van der Waals surface area contributed by atoms with Crippen molar-refractivity contribution >= 4 is 28.4 Å². The van der Waals surface area contributed by atoms with E-state index in [0.29, 0.717) is 16.9 Å². The average molecular weight is 396 g/mol. The maximum absolute atomic E-state index is 12.8. The molecule has 28 heavy (non-hydrogen) atoms. The van der Waals surface area contributed by atoms with E-state index in [4.69, 9.17) is 16.7 Å². The van der Waals surface area contributed by atoms with E-state index in [2.05, 4.69) is 19.2 Å². The number of halogens is 1. The number of aromatic nitrogens is 2. The van der Waals surface area contributed by atoms with Crippen LogP contribution in [0.4, 0.5) is 0 Å². The zero-order chi connectivity index (χ0) is 19.7. The van der Waals surface area contributed by atoms with Crippen LogP contribution < -0.4 is 5.32 Å². The highest BCUT2D eigenvalue weighted by Gasteiger charge is 2.28. The monoisotopic (exact) mass is 395 g/mol. The molecular formula is C23H26ClN3O. The van der Waals surface area contributed by atoms with E-state index in [1.54, 1.807) is 4.68 Å². The van der Waals surface area contributed by atoms with E-state index >= 15 is 0 Å². The number of benzene rings is 2. The largest absolute Gasteiger partial charge is 0.351 e. The molecule has 1 N–H and O–H groups in total. The van der Waals surface area contributed by atoms with Crippen molar-refractivity contribution in [1.82, 2.24) is 15.1 Å². The van der Waals surface area contributed by atoms with Crippen LogP contribution in [0.2, 0.25) is 5.02 Å². The van der Waals surface area contributed by atoms with Gasteiger partial charge in [0.1, 0.15) is 12.2 Å². The van der Waals surface area contributed by atoms with E-state index in [0.717, 1.165) is 28.6 Å². The Bertz CT molecular complexity index is 982. The molecule has 1 aliphatic rings. The van der Waals surface area contributed by atoms with Gasteiger partial charge in [-0.3, -0.25) is 9.48 Å². The summed E-state index contributed by atoms with van der Waals surface area (Å²) in [6.45, 7) is 4.73. The smallest absolute Gasteiger partial charge is 0.241 e. The van der Waals surface area contributed by atoms with E-state index < -0.39 is 0 Å². The van der Waals surface area contributed by atoms with Crippen LogP contribution in [0.15, 0.2) is 48.5 Å². The summed E-state index contributed by atoms with van der Waals surface area (Å²) in [7, 11) is 0. The topological polar surface area (TPSA) is 46.9 Å². The Morgan fingerprint density at radius 3 is 2.75 bits per heavy atom.